The average molecular weight is 401 g/mol. The van der Waals surface area contributed by atoms with Gasteiger partial charge in [-0.2, -0.15) is 0 Å². The number of rotatable bonds is 3. The monoisotopic (exact) mass is 401 g/mol. The number of aromatic amines is 1. The minimum Gasteiger partial charge on any atom is -0.493 e. The summed E-state index contributed by atoms with van der Waals surface area (Å²) in [5.74, 6) is 2.66. The van der Waals surface area contributed by atoms with Crippen LogP contribution in [-0.4, -0.2) is 28.7 Å². The molecule has 8 heteroatoms. The van der Waals surface area contributed by atoms with Gasteiger partial charge in [0.1, 0.15) is 0 Å². The van der Waals surface area contributed by atoms with E-state index in [4.69, 9.17) is 19.2 Å². The maximum Gasteiger partial charge on any atom is 0.271 e. The van der Waals surface area contributed by atoms with Crippen LogP contribution >= 0.6 is 11.8 Å². The molecule has 1 N–H and O–H groups in total. The van der Waals surface area contributed by atoms with Crippen molar-refractivity contribution < 1.29 is 14.2 Å². The van der Waals surface area contributed by atoms with Crippen LogP contribution in [0.3, 0.4) is 0 Å². The van der Waals surface area contributed by atoms with E-state index in [1.165, 1.54) is 19.3 Å². The van der Waals surface area contributed by atoms with Gasteiger partial charge in [0.15, 0.2) is 17.3 Å². The Morgan fingerprint density at radius 3 is 2.86 bits per heavy atom. The van der Waals surface area contributed by atoms with Crippen molar-refractivity contribution in [3.8, 4) is 17.2 Å². The normalized spacial score (nSPS) is 21.4. The molecule has 2 aliphatic heterocycles. The van der Waals surface area contributed by atoms with Crippen molar-refractivity contribution in [2.24, 2.45) is 4.99 Å². The van der Waals surface area contributed by atoms with Gasteiger partial charge in [0.05, 0.1) is 29.0 Å². The molecule has 7 nitrogen and oxygen atoms in total. The average Bonchev–Trinajstić information content (AvgIpc) is 3.32. The van der Waals surface area contributed by atoms with Crippen molar-refractivity contribution in [1.82, 2.24) is 9.78 Å². The lowest BCUT2D eigenvalue weighted by atomic mass is 9.95. The van der Waals surface area contributed by atoms with Gasteiger partial charge in [-0.15, -0.1) is 0 Å². The van der Waals surface area contributed by atoms with E-state index in [9.17, 15) is 4.79 Å². The third-order valence-electron chi connectivity index (χ3n) is 5.67. The minimum atomic E-state index is -0.163. The lowest BCUT2D eigenvalue weighted by molar-refractivity contribution is 0.171. The Morgan fingerprint density at radius 1 is 1.25 bits per heavy atom. The van der Waals surface area contributed by atoms with Crippen LogP contribution in [0.1, 0.15) is 61.4 Å². The summed E-state index contributed by atoms with van der Waals surface area (Å²) >= 11 is 1.59. The highest BCUT2D eigenvalue weighted by Crippen LogP contribution is 2.50. The summed E-state index contributed by atoms with van der Waals surface area (Å²) in [6.45, 7) is 2.17. The number of ether oxygens (including phenoxy) is 3. The first kappa shape index (κ1) is 17.7. The summed E-state index contributed by atoms with van der Waals surface area (Å²) in [6.07, 6.45) is 5.82. The molecule has 0 amide bonds. The molecule has 0 saturated heterocycles. The van der Waals surface area contributed by atoms with Gasteiger partial charge < -0.3 is 14.2 Å². The number of benzene rings is 1. The van der Waals surface area contributed by atoms with Crippen LogP contribution in [0.5, 0.6) is 17.2 Å². The number of fused-ring (bicyclic) bond motifs is 2. The SMILES string of the molecule is COc1cc([C@@H]2SC(C)=Nc3c2c(=O)[nH]n3C2CCCCC2)cc2c1OCO2. The number of nitrogens with zero attached hydrogens (tertiary/aromatic N) is 2. The molecule has 28 heavy (non-hydrogen) atoms. The summed E-state index contributed by atoms with van der Waals surface area (Å²) < 4.78 is 18.6. The number of H-pyrrole nitrogens is 1. The lowest BCUT2D eigenvalue weighted by Crippen LogP contribution is -2.16. The molecule has 3 aliphatic rings. The topological polar surface area (TPSA) is 77.8 Å². The van der Waals surface area contributed by atoms with Crippen LogP contribution < -0.4 is 19.8 Å². The Morgan fingerprint density at radius 2 is 2.07 bits per heavy atom. The summed E-state index contributed by atoms with van der Waals surface area (Å²) in [5.41, 5.74) is 1.60. The fraction of sp³-hybridized carbons (Fsp3) is 0.500. The predicted octanol–water partition coefficient (Wildman–Crippen LogP) is 4.31. The first-order valence-corrected chi connectivity index (χ1v) is 10.6. The van der Waals surface area contributed by atoms with E-state index in [0.717, 1.165) is 29.3 Å². The molecule has 0 radical (unpaired) electrons. The number of aliphatic imine (C=N–C) groups is 1. The van der Waals surface area contributed by atoms with Gasteiger partial charge in [0.2, 0.25) is 12.5 Å². The maximum atomic E-state index is 13.0. The fourth-order valence-corrected chi connectivity index (χ4v) is 5.43. The van der Waals surface area contributed by atoms with Crippen molar-refractivity contribution in [1.29, 1.82) is 0 Å². The number of nitrogens with one attached hydrogen (secondary N) is 1. The van der Waals surface area contributed by atoms with E-state index in [-0.39, 0.29) is 17.6 Å². The molecule has 1 saturated carbocycles. The highest BCUT2D eigenvalue weighted by atomic mass is 32.2. The van der Waals surface area contributed by atoms with Crippen LogP contribution in [0.2, 0.25) is 0 Å². The van der Waals surface area contributed by atoms with E-state index in [1.807, 2.05) is 23.7 Å². The number of aromatic nitrogens is 2. The molecule has 1 aromatic heterocycles. The Hall–Kier alpha value is -2.35. The largest absolute Gasteiger partial charge is 0.493 e. The molecule has 0 spiro atoms. The molecule has 1 aliphatic carbocycles. The molecule has 1 fully saturated rings. The minimum absolute atomic E-state index is 0.0639. The Bertz CT molecular complexity index is 1000. The standard InChI is InChI=1S/C20H23N3O4S/c1-11-21-19-16(20(24)22-23(19)13-6-4-3-5-7-13)18(28-11)12-8-14(25-2)17-15(9-12)26-10-27-17/h8-9,13,18H,3-7,10H2,1-2H3,(H,22,24)/t18-/m0/s1. The zero-order chi connectivity index (χ0) is 19.3. The fourth-order valence-electron chi connectivity index (χ4n) is 4.35. The summed E-state index contributed by atoms with van der Waals surface area (Å²) in [5, 5.41) is 3.86. The first-order valence-electron chi connectivity index (χ1n) is 9.69. The summed E-state index contributed by atoms with van der Waals surface area (Å²) in [6, 6.07) is 4.20. The van der Waals surface area contributed by atoms with Gasteiger partial charge in [-0.1, -0.05) is 31.0 Å². The Balaban J connectivity index is 1.62. The Kier molecular flexibility index (Phi) is 4.38. The molecule has 2 aromatic rings. The molecular weight excluding hydrogens is 378 g/mol. The van der Waals surface area contributed by atoms with E-state index in [1.54, 1.807) is 18.9 Å². The van der Waals surface area contributed by atoms with Gasteiger partial charge in [0, 0.05) is 0 Å². The van der Waals surface area contributed by atoms with Crippen molar-refractivity contribution >= 4 is 22.6 Å². The highest BCUT2D eigenvalue weighted by Gasteiger charge is 2.34. The van der Waals surface area contributed by atoms with Gasteiger partial charge in [0.25, 0.3) is 5.56 Å². The van der Waals surface area contributed by atoms with E-state index in [2.05, 4.69) is 5.10 Å². The van der Waals surface area contributed by atoms with Gasteiger partial charge >= 0.3 is 0 Å². The number of methoxy groups -OCH3 is 1. The van der Waals surface area contributed by atoms with E-state index >= 15 is 0 Å². The molecule has 0 unspecified atom stereocenters. The zero-order valence-corrected chi connectivity index (χ0v) is 16.8. The number of thioether (sulfide) groups is 1. The van der Waals surface area contributed by atoms with Gasteiger partial charge in [-0.05, 0) is 37.5 Å². The van der Waals surface area contributed by atoms with Crippen molar-refractivity contribution in [2.75, 3.05) is 13.9 Å². The predicted molar refractivity (Wildman–Crippen MR) is 108 cm³/mol. The van der Waals surface area contributed by atoms with Crippen LogP contribution in [-0.2, 0) is 0 Å². The second kappa shape index (κ2) is 6.92. The van der Waals surface area contributed by atoms with Gasteiger partial charge in [-0.3, -0.25) is 14.6 Å². The van der Waals surface area contributed by atoms with Gasteiger partial charge in [-0.25, -0.2) is 4.99 Å². The third kappa shape index (κ3) is 2.82. The second-order valence-corrected chi connectivity index (χ2v) is 8.72. The molecule has 148 valence electrons. The van der Waals surface area contributed by atoms with Crippen LogP contribution in [0, 0.1) is 0 Å². The van der Waals surface area contributed by atoms with E-state index in [0.29, 0.717) is 28.9 Å². The van der Waals surface area contributed by atoms with Crippen LogP contribution in [0.15, 0.2) is 21.9 Å². The summed E-state index contributed by atoms with van der Waals surface area (Å²) in [4.78, 5) is 17.7. The lowest BCUT2D eigenvalue weighted by Gasteiger charge is -2.26. The molecule has 1 atom stereocenters. The van der Waals surface area contributed by atoms with Crippen LogP contribution in [0.4, 0.5) is 5.82 Å². The highest BCUT2D eigenvalue weighted by molar-refractivity contribution is 8.14. The summed E-state index contributed by atoms with van der Waals surface area (Å²) in [7, 11) is 1.61. The molecule has 5 rings (SSSR count). The molecule has 1 aromatic carbocycles. The zero-order valence-electron chi connectivity index (χ0n) is 16.0. The van der Waals surface area contributed by atoms with E-state index < -0.39 is 0 Å². The third-order valence-corrected chi connectivity index (χ3v) is 6.85. The van der Waals surface area contributed by atoms with Crippen LogP contribution in [0.25, 0.3) is 0 Å². The molecule has 3 heterocycles. The number of hydrogen-bond donors (Lipinski definition) is 1. The van der Waals surface area contributed by atoms with Crippen molar-refractivity contribution in [2.45, 2.75) is 50.3 Å². The van der Waals surface area contributed by atoms with Crippen molar-refractivity contribution in [3.63, 3.8) is 0 Å². The van der Waals surface area contributed by atoms with Crippen molar-refractivity contribution in [3.05, 3.63) is 33.6 Å². The molecule has 0 bridgehead atoms. The second-order valence-electron chi connectivity index (χ2n) is 7.43. The molecular formula is C20H23N3O4S. The maximum absolute atomic E-state index is 13.0. The number of hydrogen-bond acceptors (Lipinski definition) is 6. The first-order chi connectivity index (χ1) is 13.7. The quantitative estimate of drug-likeness (QED) is 0.829. The smallest absolute Gasteiger partial charge is 0.271 e. The Labute approximate surface area is 167 Å².